The lowest BCUT2D eigenvalue weighted by Crippen LogP contribution is -2.32. The van der Waals surface area contributed by atoms with E-state index in [-0.39, 0.29) is 18.7 Å². The number of carbonyl (C=O) groups is 2. The average molecular weight is 304 g/mol. The fourth-order valence-electron chi connectivity index (χ4n) is 1.38. The SMILES string of the molecule is CC(C)(CCNC(=O)c1ccc(C(F)(F)F)cn1)C(=O)O. The summed E-state index contributed by atoms with van der Waals surface area (Å²) in [5.41, 5.74) is -2.09. The third-order valence-corrected chi connectivity index (χ3v) is 2.94. The van der Waals surface area contributed by atoms with Gasteiger partial charge in [-0.25, -0.2) is 0 Å². The van der Waals surface area contributed by atoms with E-state index in [4.69, 9.17) is 5.11 Å². The van der Waals surface area contributed by atoms with Crippen LogP contribution in [0.25, 0.3) is 0 Å². The van der Waals surface area contributed by atoms with Crippen LogP contribution in [0.5, 0.6) is 0 Å². The van der Waals surface area contributed by atoms with Crippen LogP contribution in [0, 0.1) is 5.41 Å². The van der Waals surface area contributed by atoms with E-state index in [1.165, 1.54) is 13.8 Å². The Kier molecular flexibility index (Phi) is 4.93. The minimum Gasteiger partial charge on any atom is -0.481 e. The maximum absolute atomic E-state index is 12.3. The number of rotatable bonds is 5. The Bertz CT molecular complexity index is 524. The highest BCUT2D eigenvalue weighted by molar-refractivity contribution is 5.92. The van der Waals surface area contributed by atoms with Crippen LogP contribution < -0.4 is 5.32 Å². The molecule has 0 saturated heterocycles. The Labute approximate surface area is 119 Å². The first kappa shape index (κ1) is 16.9. The standard InChI is InChI=1S/C13H15F3N2O3/c1-12(2,11(20)21)5-6-17-10(19)9-4-3-8(7-18-9)13(14,15)16/h3-4,7H,5-6H2,1-2H3,(H,17,19)(H,20,21). The molecule has 0 unspecified atom stereocenters. The van der Waals surface area contributed by atoms with Gasteiger partial charge < -0.3 is 10.4 Å². The molecule has 1 aromatic rings. The normalized spacial score (nSPS) is 12.0. The second kappa shape index (κ2) is 6.11. The van der Waals surface area contributed by atoms with E-state index in [0.717, 1.165) is 12.1 Å². The average Bonchev–Trinajstić information content (AvgIpc) is 2.37. The van der Waals surface area contributed by atoms with Crippen molar-refractivity contribution in [2.45, 2.75) is 26.4 Å². The molecule has 0 radical (unpaired) electrons. The molecule has 1 rings (SSSR count). The van der Waals surface area contributed by atoms with Crippen LogP contribution in [0.3, 0.4) is 0 Å². The monoisotopic (exact) mass is 304 g/mol. The van der Waals surface area contributed by atoms with Gasteiger partial charge in [0.15, 0.2) is 0 Å². The molecule has 1 aromatic heterocycles. The minimum absolute atomic E-state index is 0.0842. The third-order valence-electron chi connectivity index (χ3n) is 2.94. The van der Waals surface area contributed by atoms with Gasteiger partial charge in [-0.2, -0.15) is 13.2 Å². The van der Waals surface area contributed by atoms with Crippen molar-refractivity contribution in [3.8, 4) is 0 Å². The lowest BCUT2D eigenvalue weighted by Gasteiger charge is -2.18. The molecule has 0 aromatic carbocycles. The number of halogens is 3. The summed E-state index contributed by atoms with van der Waals surface area (Å²) in [6.45, 7) is 3.11. The number of carboxylic acids is 1. The van der Waals surface area contributed by atoms with Crippen LogP contribution in [0.1, 0.15) is 36.3 Å². The number of carbonyl (C=O) groups excluding carboxylic acids is 1. The molecule has 0 fully saturated rings. The number of pyridine rings is 1. The fourth-order valence-corrected chi connectivity index (χ4v) is 1.38. The predicted octanol–water partition coefficient (Wildman–Crippen LogP) is 2.33. The van der Waals surface area contributed by atoms with E-state index in [1.54, 1.807) is 0 Å². The summed E-state index contributed by atoms with van der Waals surface area (Å²) < 4.78 is 37.0. The molecule has 21 heavy (non-hydrogen) atoms. The van der Waals surface area contributed by atoms with Crippen LogP contribution >= 0.6 is 0 Å². The second-order valence-corrected chi connectivity index (χ2v) is 5.12. The van der Waals surface area contributed by atoms with E-state index in [2.05, 4.69) is 10.3 Å². The van der Waals surface area contributed by atoms with Gasteiger partial charge >= 0.3 is 12.1 Å². The Hall–Kier alpha value is -2.12. The highest BCUT2D eigenvalue weighted by Crippen LogP contribution is 2.28. The van der Waals surface area contributed by atoms with Crippen LogP contribution in [0.15, 0.2) is 18.3 Å². The highest BCUT2D eigenvalue weighted by atomic mass is 19.4. The van der Waals surface area contributed by atoms with Gasteiger partial charge in [-0.3, -0.25) is 14.6 Å². The van der Waals surface area contributed by atoms with E-state index >= 15 is 0 Å². The number of aliphatic carboxylic acids is 1. The molecule has 116 valence electrons. The van der Waals surface area contributed by atoms with Crippen LogP contribution in [0.2, 0.25) is 0 Å². The van der Waals surface area contributed by atoms with Crippen molar-refractivity contribution in [2.24, 2.45) is 5.41 Å². The Balaban J connectivity index is 2.59. The summed E-state index contributed by atoms with van der Waals surface area (Å²) in [6, 6.07) is 1.74. The highest BCUT2D eigenvalue weighted by Gasteiger charge is 2.31. The lowest BCUT2D eigenvalue weighted by atomic mass is 9.90. The summed E-state index contributed by atoms with van der Waals surface area (Å²) >= 11 is 0. The van der Waals surface area contributed by atoms with Gasteiger partial charge in [0.2, 0.25) is 0 Å². The molecule has 2 N–H and O–H groups in total. The van der Waals surface area contributed by atoms with Crippen molar-refractivity contribution in [3.63, 3.8) is 0 Å². The largest absolute Gasteiger partial charge is 0.481 e. The Morgan fingerprint density at radius 3 is 2.33 bits per heavy atom. The van der Waals surface area contributed by atoms with Crippen LogP contribution in [-0.4, -0.2) is 28.5 Å². The first-order valence-corrected chi connectivity index (χ1v) is 6.09. The molecule has 0 bridgehead atoms. The first-order chi connectivity index (χ1) is 9.54. The zero-order chi connectivity index (χ0) is 16.3. The molecule has 1 amide bonds. The van der Waals surface area contributed by atoms with E-state index < -0.39 is 29.0 Å². The molecule has 0 aliphatic rings. The Morgan fingerprint density at radius 1 is 1.29 bits per heavy atom. The van der Waals surface area contributed by atoms with Crippen molar-refractivity contribution >= 4 is 11.9 Å². The van der Waals surface area contributed by atoms with Gasteiger partial charge in [0.1, 0.15) is 5.69 Å². The molecule has 0 aliphatic heterocycles. The molecular formula is C13H15F3N2O3. The number of nitrogens with zero attached hydrogens (tertiary/aromatic N) is 1. The van der Waals surface area contributed by atoms with Crippen molar-refractivity contribution in [1.82, 2.24) is 10.3 Å². The molecule has 0 aliphatic carbocycles. The number of amides is 1. The number of nitrogens with one attached hydrogen (secondary N) is 1. The predicted molar refractivity (Wildman–Crippen MR) is 67.6 cm³/mol. The maximum Gasteiger partial charge on any atom is 0.417 e. The first-order valence-electron chi connectivity index (χ1n) is 6.09. The fraction of sp³-hybridized carbons (Fsp3) is 0.462. The summed E-state index contributed by atoms with van der Waals surface area (Å²) in [5.74, 6) is -1.64. The third kappa shape index (κ3) is 4.73. The van der Waals surface area contributed by atoms with Crippen LogP contribution in [0.4, 0.5) is 13.2 Å². The number of hydrogen-bond acceptors (Lipinski definition) is 3. The number of carboxylic acid groups (broad SMARTS) is 1. The molecule has 0 atom stereocenters. The van der Waals surface area contributed by atoms with Crippen molar-refractivity contribution in [2.75, 3.05) is 6.54 Å². The molecule has 1 heterocycles. The van der Waals surface area contributed by atoms with Crippen molar-refractivity contribution in [3.05, 3.63) is 29.6 Å². The van der Waals surface area contributed by atoms with Crippen molar-refractivity contribution in [1.29, 1.82) is 0 Å². The quantitative estimate of drug-likeness (QED) is 0.875. The summed E-state index contributed by atoms with van der Waals surface area (Å²) in [6.07, 6.45) is -3.74. The van der Waals surface area contributed by atoms with E-state index in [0.29, 0.717) is 6.20 Å². The molecule has 5 nitrogen and oxygen atoms in total. The second-order valence-electron chi connectivity index (χ2n) is 5.12. The van der Waals surface area contributed by atoms with Gasteiger partial charge in [-0.05, 0) is 32.4 Å². The minimum atomic E-state index is -4.51. The van der Waals surface area contributed by atoms with Crippen LogP contribution in [-0.2, 0) is 11.0 Å². The van der Waals surface area contributed by atoms with Gasteiger partial charge in [0.25, 0.3) is 5.91 Å². The van der Waals surface area contributed by atoms with E-state index in [9.17, 15) is 22.8 Å². The zero-order valence-electron chi connectivity index (χ0n) is 11.5. The molecule has 0 saturated carbocycles. The summed E-state index contributed by atoms with van der Waals surface area (Å²) in [5, 5.41) is 11.3. The van der Waals surface area contributed by atoms with Crippen molar-refractivity contribution < 1.29 is 27.9 Å². The topological polar surface area (TPSA) is 79.3 Å². The molecular weight excluding hydrogens is 289 g/mol. The maximum atomic E-state index is 12.3. The summed E-state index contributed by atoms with van der Waals surface area (Å²) in [4.78, 5) is 26.0. The molecule has 0 spiro atoms. The smallest absolute Gasteiger partial charge is 0.417 e. The number of hydrogen-bond donors (Lipinski definition) is 2. The van der Waals surface area contributed by atoms with Gasteiger partial charge in [-0.1, -0.05) is 0 Å². The lowest BCUT2D eigenvalue weighted by molar-refractivity contribution is -0.147. The number of aromatic nitrogens is 1. The van der Waals surface area contributed by atoms with E-state index in [1.807, 2.05) is 0 Å². The van der Waals surface area contributed by atoms with Gasteiger partial charge in [-0.15, -0.1) is 0 Å². The summed E-state index contributed by atoms with van der Waals surface area (Å²) in [7, 11) is 0. The van der Waals surface area contributed by atoms with Gasteiger partial charge in [0, 0.05) is 12.7 Å². The Morgan fingerprint density at radius 2 is 1.90 bits per heavy atom. The number of alkyl halides is 3. The molecule has 8 heteroatoms. The van der Waals surface area contributed by atoms with Gasteiger partial charge in [0.05, 0.1) is 11.0 Å². The zero-order valence-corrected chi connectivity index (χ0v) is 11.5.